The normalized spacial score (nSPS) is 11.2. The van der Waals surface area contributed by atoms with Crippen LogP contribution in [0.25, 0.3) is 43.4 Å². The minimum absolute atomic E-state index is 0.390. The maximum atomic E-state index is 6.74. The van der Waals surface area contributed by atoms with Gasteiger partial charge in [0.1, 0.15) is 15.4 Å². The van der Waals surface area contributed by atoms with E-state index in [0.717, 1.165) is 38.4 Å². The van der Waals surface area contributed by atoms with Crippen molar-refractivity contribution in [3.63, 3.8) is 0 Å². The van der Waals surface area contributed by atoms with Crippen molar-refractivity contribution in [2.45, 2.75) is 11.0 Å². The number of anilines is 1. The second kappa shape index (κ2) is 9.32. The molecule has 170 valence electrons. The molecule has 6 rings (SSSR count). The fraction of sp³-hybridized carbons (Fsp3) is 0.0370. The molecule has 0 radical (unpaired) electrons. The number of thiophene rings is 1. The van der Waals surface area contributed by atoms with Crippen LogP contribution in [0.3, 0.4) is 0 Å². The van der Waals surface area contributed by atoms with Gasteiger partial charge in [-0.15, -0.1) is 31.7 Å². The molecule has 0 spiro atoms. The van der Waals surface area contributed by atoms with Crippen LogP contribution in [0.5, 0.6) is 0 Å². The first-order valence-corrected chi connectivity index (χ1v) is 12.8. The van der Waals surface area contributed by atoms with Crippen LogP contribution in [0.4, 0.5) is 5.69 Å². The van der Waals surface area contributed by atoms with Gasteiger partial charge in [-0.3, -0.25) is 0 Å². The Labute approximate surface area is 209 Å². The van der Waals surface area contributed by atoms with E-state index in [1.54, 1.807) is 0 Å². The molecule has 6 aromatic rings. The number of benzene rings is 3. The van der Waals surface area contributed by atoms with Crippen LogP contribution in [0.1, 0.15) is 5.56 Å². The van der Waals surface area contributed by atoms with E-state index in [2.05, 4.69) is 44.7 Å². The van der Waals surface area contributed by atoms with Crippen LogP contribution in [-0.2, 0) is 5.75 Å². The number of hydrogen-bond donors (Lipinski definition) is 1. The van der Waals surface area contributed by atoms with E-state index in [-0.39, 0.29) is 0 Å². The summed E-state index contributed by atoms with van der Waals surface area (Å²) >= 11 is 2.91. The molecule has 0 fully saturated rings. The third-order valence-electron chi connectivity index (χ3n) is 5.57. The van der Waals surface area contributed by atoms with Crippen molar-refractivity contribution in [2.24, 2.45) is 0 Å². The molecule has 6 nitrogen and oxygen atoms in total. The highest BCUT2D eigenvalue weighted by Crippen LogP contribution is 2.46. The number of hydrogen-bond acceptors (Lipinski definition) is 8. The van der Waals surface area contributed by atoms with Crippen LogP contribution in [0, 0.1) is 0 Å². The van der Waals surface area contributed by atoms with E-state index in [0.29, 0.717) is 21.7 Å². The lowest BCUT2D eigenvalue weighted by Gasteiger charge is -2.10. The first kappa shape index (κ1) is 21.5. The highest BCUT2D eigenvalue weighted by Gasteiger charge is 2.24. The predicted octanol–water partition coefficient (Wildman–Crippen LogP) is 6.95. The lowest BCUT2D eigenvalue weighted by Crippen LogP contribution is -1.95. The van der Waals surface area contributed by atoms with Crippen molar-refractivity contribution in [1.29, 1.82) is 0 Å². The zero-order valence-corrected chi connectivity index (χ0v) is 20.1. The topological polar surface area (TPSA) is 90.7 Å². The Morgan fingerprint density at radius 1 is 0.743 bits per heavy atom. The third-order valence-corrected chi connectivity index (χ3v) is 7.54. The van der Waals surface area contributed by atoms with Gasteiger partial charge in [-0.2, -0.15) is 0 Å². The lowest BCUT2D eigenvalue weighted by molar-refractivity contribution is 0.467. The Morgan fingerprint density at radius 3 is 2.11 bits per heavy atom. The molecule has 3 heterocycles. The largest absolute Gasteiger partial charge is 0.410 e. The summed E-state index contributed by atoms with van der Waals surface area (Å²) in [5.41, 5.74) is 12.2. The standard InChI is InChI=1S/C27H19N5OS2/c28-22-21-20(18-12-6-2-7-13-18)23(19-14-8-3-9-15-19)29-31-26(21)35-24(22)25-30-32-27(33-25)34-16-17-10-4-1-5-11-17/h1-15H,16,28H2. The molecule has 8 heteroatoms. The average Bonchev–Trinajstić information content (AvgIpc) is 3.53. The maximum absolute atomic E-state index is 6.74. The smallest absolute Gasteiger partial charge is 0.277 e. The number of nitrogens with two attached hydrogens (primary N) is 1. The molecule has 3 aromatic heterocycles. The summed E-state index contributed by atoms with van der Waals surface area (Å²) in [6, 6.07) is 30.3. The fourth-order valence-corrected chi connectivity index (χ4v) is 5.62. The highest BCUT2D eigenvalue weighted by molar-refractivity contribution is 7.98. The molecular formula is C27H19N5OS2. The Balaban J connectivity index is 1.44. The van der Waals surface area contributed by atoms with Gasteiger partial charge >= 0.3 is 0 Å². The monoisotopic (exact) mass is 493 g/mol. The Morgan fingerprint density at radius 2 is 1.40 bits per heavy atom. The van der Waals surface area contributed by atoms with Crippen molar-refractivity contribution >= 4 is 39.0 Å². The zero-order chi connectivity index (χ0) is 23.6. The van der Waals surface area contributed by atoms with Crippen LogP contribution in [-0.4, -0.2) is 20.4 Å². The molecule has 3 aromatic carbocycles. The number of nitrogens with zero attached hydrogens (tertiary/aromatic N) is 4. The van der Waals surface area contributed by atoms with Crippen LogP contribution in [0.2, 0.25) is 0 Å². The van der Waals surface area contributed by atoms with Crippen molar-refractivity contribution < 1.29 is 4.42 Å². The Kier molecular flexibility index (Phi) is 5.73. The zero-order valence-electron chi connectivity index (χ0n) is 18.5. The molecule has 0 atom stereocenters. The summed E-state index contributed by atoms with van der Waals surface area (Å²) in [4.78, 5) is 1.43. The van der Waals surface area contributed by atoms with Gasteiger partial charge in [-0.1, -0.05) is 103 Å². The van der Waals surface area contributed by atoms with E-state index in [4.69, 9.17) is 10.2 Å². The van der Waals surface area contributed by atoms with E-state index in [1.807, 2.05) is 66.7 Å². The lowest BCUT2D eigenvalue weighted by atomic mass is 9.96. The van der Waals surface area contributed by atoms with Gasteiger partial charge in [0, 0.05) is 22.3 Å². The summed E-state index contributed by atoms with van der Waals surface area (Å²) < 4.78 is 5.99. The van der Waals surface area contributed by atoms with Gasteiger partial charge in [0.25, 0.3) is 11.1 Å². The molecule has 0 aliphatic rings. The summed E-state index contributed by atoms with van der Waals surface area (Å²) in [6.45, 7) is 0. The van der Waals surface area contributed by atoms with Gasteiger partial charge in [0.05, 0.1) is 5.69 Å². The summed E-state index contributed by atoms with van der Waals surface area (Å²) in [5, 5.41) is 19.0. The van der Waals surface area contributed by atoms with Gasteiger partial charge in [0.2, 0.25) is 0 Å². The second-order valence-corrected chi connectivity index (χ2v) is 9.75. The van der Waals surface area contributed by atoms with E-state index >= 15 is 0 Å². The molecule has 0 amide bonds. The first-order valence-electron chi connectivity index (χ1n) is 11.0. The van der Waals surface area contributed by atoms with Crippen LogP contribution < -0.4 is 5.73 Å². The molecule has 0 bridgehead atoms. The Hall–Kier alpha value is -4.01. The molecule has 0 aliphatic carbocycles. The van der Waals surface area contributed by atoms with Crippen molar-refractivity contribution in [3.05, 3.63) is 96.6 Å². The third kappa shape index (κ3) is 4.18. The van der Waals surface area contributed by atoms with E-state index in [1.165, 1.54) is 28.7 Å². The molecule has 0 aliphatic heterocycles. The van der Waals surface area contributed by atoms with Crippen LogP contribution >= 0.6 is 23.1 Å². The number of aromatic nitrogens is 4. The molecule has 0 saturated heterocycles. The highest BCUT2D eigenvalue weighted by atomic mass is 32.2. The molecular weight excluding hydrogens is 474 g/mol. The summed E-state index contributed by atoms with van der Waals surface area (Å²) in [7, 11) is 0. The minimum Gasteiger partial charge on any atom is -0.410 e. The van der Waals surface area contributed by atoms with E-state index in [9.17, 15) is 0 Å². The van der Waals surface area contributed by atoms with Gasteiger partial charge in [0.15, 0.2) is 0 Å². The van der Waals surface area contributed by atoms with Crippen molar-refractivity contribution in [1.82, 2.24) is 20.4 Å². The Bertz CT molecular complexity index is 1600. The summed E-state index contributed by atoms with van der Waals surface area (Å²) in [5.74, 6) is 1.13. The van der Waals surface area contributed by atoms with Gasteiger partial charge in [-0.25, -0.2) is 0 Å². The number of thioether (sulfide) groups is 1. The van der Waals surface area contributed by atoms with Crippen molar-refractivity contribution in [3.8, 4) is 33.2 Å². The number of rotatable bonds is 6. The maximum Gasteiger partial charge on any atom is 0.277 e. The summed E-state index contributed by atoms with van der Waals surface area (Å²) in [6.07, 6.45) is 0. The van der Waals surface area contributed by atoms with E-state index < -0.39 is 0 Å². The van der Waals surface area contributed by atoms with Crippen LogP contribution in [0.15, 0.2) is 101 Å². The molecule has 35 heavy (non-hydrogen) atoms. The average molecular weight is 494 g/mol. The molecule has 0 unspecified atom stereocenters. The number of fused-ring (bicyclic) bond motifs is 1. The fourth-order valence-electron chi connectivity index (χ4n) is 3.93. The van der Waals surface area contributed by atoms with Gasteiger partial charge in [-0.05, 0) is 11.1 Å². The molecule has 0 saturated carbocycles. The first-order chi connectivity index (χ1) is 17.3. The van der Waals surface area contributed by atoms with Crippen molar-refractivity contribution in [2.75, 3.05) is 5.73 Å². The minimum atomic E-state index is 0.390. The quantitative estimate of drug-likeness (QED) is 0.251. The number of nitrogen functional groups attached to an aromatic ring is 1. The molecule has 2 N–H and O–H groups in total. The SMILES string of the molecule is Nc1c(-c2nnc(SCc3ccccc3)o2)sc2nnc(-c3ccccc3)c(-c3ccccc3)c12. The second-order valence-electron chi connectivity index (χ2n) is 7.83. The van der Waals surface area contributed by atoms with Gasteiger partial charge < -0.3 is 10.2 Å². The predicted molar refractivity (Wildman–Crippen MR) is 142 cm³/mol.